The first-order valence-electron chi connectivity index (χ1n) is 11.8. The molecule has 9 nitrogen and oxygen atoms in total. The third-order valence-electron chi connectivity index (χ3n) is 6.44. The van der Waals surface area contributed by atoms with Crippen molar-refractivity contribution in [2.24, 2.45) is 5.73 Å². The summed E-state index contributed by atoms with van der Waals surface area (Å²) in [5.74, 6) is 1.20. The van der Waals surface area contributed by atoms with E-state index < -0.39 is 11.5 Å². The summed E-state index contributed by atoms with van der Waals surface area (Å²) in [6.45, 7) is 1.10. The van der Waals surface area contributed by atoms with Crippen molar-refractivity contribution in [1.82, 2.24) is 14.5 Å². The van der Waals surface area contributed by atoms with Crippen LogP contribution in [0.3, 0.4) is 0 Å². The lowest BCUT2D eigenvalue weighted by Gasteiger charge is -2.36. The van der Waals surface area contributed by atoms with E-state index >= 15 is 0 Å². The molecule has 36 heavy (non-hydrogen) atoms. The normalized spacial score (nSPS) is 19.4. The minimum atomic E-state index is -0.833. The fraction of sp³-hybridized carbons (Fsp3) is 0.296. The van der Waals surface area contributed by atoms with Gasteiger partial charge in [-0.05, 0) is 55.5 Å². The van der Waals surface area contributed by atoms with Gasteiger partial charge in [-0.25, -0.2) is 9.97 Å². The molecule has 6 N–H and O–H groups in total. The van der Waals surface area contributed by atoms with E-state index in [2.05, 4.69) is 20.7 Å². The number of nitrogen functional groups attached to an aromatic ring is 1. The quantitative estimate of drug-likeness (QED) is 0.323. The average Bonchev–Trinajstić information content (AvgIpc) is 3.26. The first-order chi connectivity index (χ1) is 17.3. The summed E-state index contributed by atoms with van der Waals surface area (Å²) in [5.41, 5.74) is 14.9. The Morgan fingerprint density at radius 3 is 2.31 bits per heavy atom. The molecule has 188 valence electrons. The number of benzene rings is 2. The zero-order valence-electron chi connectivity index (χ0n) is 20.2. The number of nitrogens with two attached hydrogens (primary N) is 2. The Kier molecular flexibility index (Phi) is 7.52. The van der Waals surface area contributed by atoms with Gasteiger partial charge in [-0.3, -0.25) is 4.79 Å². The maximum atomic E-state index is 9.60. The number of aromatic nitrogens is 3. The molecule has 9 heteroatoms. The summed E-state index contributed by atoms with van der Waals surface area (Å²) in [6, 6.07) is 17.9. The number of para-hydroxylation sites is 1. The standard InChI is InChI=1S/C25H27N5O2.C2H4O2/c26-23-22-21(17-6-8-20(9-7-17)32-19-4-2-1-3-5-19)14-30(24(22)29-16-28-23)18-10-12-25(27,15-31)13-11-18;1-2(3)4/h1-9,14,16,18,31H,10-13,15,27H2,(H2,26,28,29);1H3,(H,3,4)/t18-,25-;. The Morgan fingerprint density at radius 2 is 1.69 bits per heavy atom. The molecule has 5 rings (SSSR count). The second-order valence-electron chi connectivity index (χ2n) is 9.12. The first kappa shape index (κ1) is 25.2. The molecule has 1 saturated carbocycles. The van der Waals surface area contributed by atoms with E-state index in [1.54, 1.807) is 0 Å². The van der Waals surface area contributed by atoms with Crippen molar-refractivity contribution in [2.75, 3.05) is 12.3 Å². The van der Waals surface area contributed by atoms with E-state index in [1.165, 1.54) is 6.33 Å². The molecule has 1 fully saturated rings. The van der Waals surface area contributed by atoms with E-state index in [0.717, 1.165) is 66.3 Å². The number of aliphatic hydroxyl groups is 1. The molecule has 0 unspecified atom stereocenters. The summed E-state index contributed by atoms with van der Waals surface area (Å²) in [7, 11) is 0. The number of hydrogen-bond acceptors (Lipinski definition) is 7. The van der Waals surface area contributed by atoms with Gasteiger partial charge >= 0.3 is 0 Å². The second kappa shape index (κ2) is 10.8. The predicted octanol–water partition coefficient (Wildman–Crippen LogP) is 4.37. The van der Waals surface area contributed by atoms with Crippen molar-refractivity contribution in [1.29, 1.82) is 0 Å². The lowest BCUT2D eigenvalue weighted by atomic mass is 9.80. The minimum absolute atomic E-state index is 0.0178. The number of rotatable bonds is 5. The summed E-state index contributed by atoms with van der Waals surface area (Å²) in [5, 5.41) is 17.9. The van der Waals surface area contributed by atoms with E-state index in [-0.39, 0.29) is 12.6 Å². The molecule has 0 radical (unpaired) electrons. The van der Waals surface area contributed by atoms with Gasteiger partial charge in [0.1, 0.15) is 29.3 Å². The maximum Gasteiger partial charge on any atom is 0.300 e. The summed E-state index contributed by atoms with van der Waals surface area (Å²) in [4.78, 5) is 17.8. The largest absolute Gasteiger partial charge is 0.481 e. The summed E-state index contributed by atoms with van der Waals surface area (Å²) in [6.07, 6.45) is 6.95. The van der Waals surface area contributed by atoms with Gasteiger partial charge in [0.2, 0.25) is 0 Å². The maximum absolute atomic E-state index is 9.60. The Balaban J connectivity index is 0.000000709. The molecule has 0 spiro atoms. The zero-order valence-corrected chi connectivity index (χ0v) is 20.2. The zero-order chi connectivity index (χ0) is 25.7. The van der Waals surface area contributed by atoms with Gasteiger partial charge < -0.3 is 31.0 Å². The molecule has 1 aliphatic rings. The van der Waals surface area contributed by atoms with Crippen LogP contribution >= 0.6 is 0 Å². The van der Waals surface area contributed by atoms with Crippen molar-refractivity contribution in [3.8, 4) is 22.6 Å². The molecule has 2 aromatic carbocycles. The number of anilines is 1. The van der Waals surface area contributed by atoms with Crippen LogP contribution in [-0.2, 0) is 4.79 Å². The number of carboxylic acid groups (broad SMARTS) is 1. The van der Waals surface area contributed by atoms with Crippen molar-refractivity contribution in [3.05, 3.63) is 67.1 Å². The van der Waals surface area contributed by atoms with Crippen LogP contribution < -0.4 is 16.2 Å². The fourth-order valence-corrected chi connectivity index (χ4v) is 4.55. The van der Waals surface area contributed by atoms with E-state index in [4.69, 9.17) is 26.1 Å². The monoisotopic (exact) mass is 489 g/mol. The number of ether oxygens (including phenoxy) is 1. The Morgan fingerprint density at radius 1 is 1.08 bits per heavy atom. The van der Waals surface area contributed by atoms with Crippen molar-refractivity contribution >= 4 is 22.8 Å². The van der Waals surface area contributed by atoms with E-state index in [9.17, 15) is 5.11 Å². The molecule has 0 saturated heterocycles. The molecule has 2 heterocycles. The summed E-state index contributed by atoms with van der Waals surface area (Å²) < 4.78 is 8.13. The van der Waals surface area contributed by atoms with Crippen LogP contribution in [0.15, 0.2) is 67.1 Å². The topological polar surface area (TPSA) is 150 Å². The average molecular weight is 490 g/mol. The third kappa shape index (κ3) is 5.64. The molecular formula is C27H31N5O4. The minimum Gasteiger partial charge on any atom is -0.481 e. The van der Waals surface area contributed by atoms with Crippen molar-refractivity contribution in [3.63, 3.8) is 0 Å². The number of fused-ring (bicyclic) bond motifs is 1. The van der Waals surface area contributed by atoms with Gasteiger partial charge in [0.05, 0.1) is 12.0 Å². The van der Waals surface area contributed by atoms with Crippen LogP contribution in [0.4, 0.5) is 5.82 Å². The molecule has 0 amide bonds. The lowest BCUT2D eigenvalue weighted by Crippen LogP contribution is -2.46. The number of aliphatic hydroxyl groups excluding tert-OH is 1. The van der Waals surface area contributed by atoms with E-state index in [1.807, 2.05) is 54.6 Å². The van der Waals surface area contributed by atoms with Crippen molar-refractivity contribution < 1.29 is 19.7 Å². The predicted molar refractivity (Wildman–Crippen MR) is 139 cm³/mol. The van der Waals surface area contributed by atoms with Crippen LogP contribution in [-0.4, -0.2) is 42.9 Å². The van der Waals surface area contributed by atoms with Crippen LogP contribution in [0.25, 0.3) is 22.2 Å². The third-order valence-corrected chi connectivity index (χ3v) is 6.44. The van der Waals surface area contributed by atoms with Gasteiger partial charge in [0.15, 0.2) is 0 Å². The van der Waals surface area contributed by atoms with Crippen LogP contribution in [0.1, 0.15) is 38.6 Å². The number of nitrogens with zero attached hydrogens (tertiary/aromatic N) is 3. The highest BCUT2D eigenvalue weighted by Gasteiger charge is 2.32. The number of carbonyl (C=O) groups is 1. The van der Waals surface area contributed by atoms with Crippen LogP contribution in [0.5, 0.6) is 11.5 Å². The Labute approximate surface area is 209 Å². The Bertz CT molecular complexity index is 1310. The molecule has 0 aliphatic heterocycles. The highest BCUT2D eigenvalue weighted by molar-refractivity contribution is 6.00. The smallest absolute Gasteiger partial charge is 0.300 e. The first-order valence-corrected chi connectivity index (χ1v) is 11.8. The molecule has 4 aromatic rings. The molecule has 2 aromatic heterocycles. The lowest BCUT2D eigenvalue weighted by molar-refractivity contribution is -0.134. The molecule has 0 atom stereocenters. The van der Waals surface area contributed by atoms with Crippen molar-refractivity contribution in [2.45, 2.75) is 44.2 Å². The highest BCUT2D eigenvalue weighted by atomic mass is 16.5. The van der Waals surface area contributed by atoms with Crippen LogP contribution in [0, 0.1) is 0 Å². The number of hydrogen-bond donors (Lipinski definition) is 4. The number of aliphatic carboxylic acids is 1. The second-order valence-corrected chi connectivity index (χ2v) is 9.12. The molecule has 0 bridgehead atoms. The van der Waals surface area contributed by atoms with E-state index in [0.29, 0.717) is 5.82 Å². The molecule has 1 aliphatic carbocycles. The van der Waals surface area contributed by atoms with Gasteiger partial charge in [-0.15, -0.1) is 0 Å². The summed E-state index contributed by atoms with van der Waals surface area (Å²) >= 11 is 0. The van der Waals surface area contributed by atoms with Gasteiger partial charge in [-0.1, -0.05) is 30.3 Å². The van der Waals surface area contributed by atoms with Crippen LogP contribution in [0.2, 0.25) is 0 Å². The molecular weight excluding hydrogens is 458 g/mol. The van der Waals surface area contributed by atoms with Gasteiger partial charge in [-0.2, -0.15) is 0 Å². The van der Waals surface area contributed by atoms with Gasteiger partial charge in [0.25, 0.3) is 5.97 Å². The highest BCUT2D eigenvalue weighted by Crippen LogP contribution is 2.40. The Hall–Kier alpha value is -3.95. The van der Waals surface area contributed by atoms with Gasteiger partial charge in [0, 0.05) is 30.3 Å². The number of carboxylic acids is 1. The fourth-order valence-electron chi connectivity index (χ4n) is 4.55. The SMILES string of the molecule is CC(=O)O.Nc1ncnc2c1c(-c1ccc(Oc3ccccc3)cc1)cn2[C@H]1CC[C@@](N)(CO)CC1.